The van der Waals surface area contributed by atoms with Crippen LogP contribution in [-0.4, -0.2) is 45.2 Å². The van der Waals surface area contributed by atoms with E-state index in [1.54, 1.807) is 26.0 Å². The van der Waals surface area contributed by atoms with E-state index in [0.29, 0.717) is 36.2 Å². The van der Waals surface area contributed by atoms with Crippen molar-refractivity contribution >= 4 is 46.3 Å². The van der Waals surface area contributed by atoms with Crippen molar-refractivity contribution in [2.24, 2.45) is 10.2 Å². The summed E-state index contributed by atoms with van der Waals surface area (Å²) in [5.74, 6) is 0.0613. The predicted octanol–water partition coefficient (Wildman–Crippen LogP) is 5.49. The predicted molar refractivity (Wildman–Crippen MR) is 126 cm³/mol. The van der Waals surface area contributed by atoms with Crippen molar-refractivity contribution in [3.63, 3.8) is 0 Å². The van der Waals surface area contributed by atoms with Crippen molar-refractivity contribution in [2.45, 2.75) is 26.8 Å². The molecule has 0 radical (unpaired) electrons. The van der Waals surface area contributed by atoms with Gasteiger partial charge in [-0.2, -0.15) is 10.2 Å². The largest absolute Gasteiger partial charge is 0.493 e. The summed E-state index contributed by atoms with van der Waals surface area (Å²) in [6.07, 6.45) is 0. The maximum absolute atomic E-state index is 12.9. The number of amides is 1. The molecule has 0 saturated carbocycles. The van der Waals surface area contributed by atoms with E-state index in [4.69, 9.17) is 42.1 Å². The molecule has 0 aliphatic heterocycles. The number of anilines is 1. The second-order valence-electron chi connectivity index (χ2n) is 6.50. The van der Waals surface area contributed by atoms with E-state index in [1.807, 2.05) is 0 Å². The zero-order valence-electron chi connectivity index (χ0n) is 18.9. The Bertz CT molecular complexity index is 1050. The minimum Gasteiger partial charge on any atom is -0.493 e. The molecule has 1 amide bonds. The summed E-state index contributed by atoms with van der Waals surface area (Å²) in [5, 5.41) is 10.9. The van der Waals surface area contributed by atoms with Gasteiger partial charge in [0.25, 0.3) is 5.91 Å². The number of azo groups is 1. The first kappa shape index (κ1) is 26.2. The van der Waals surface area contributed by atoms with Gasteiger partial charge in [0.05, 0.1) is 38.1 Å². The zero-order chi connectivity index (χ0) is 24.5. The van der Waals surface area contributed by atoms with Gasteiger partial charge in [-0.15, -0.1) is 0 Å². The van der Waals surface area contributed by atoms with Crippen LogP contribution >= 0.6 is 23.2 Å². The summed E-state index contributed by atoms with van der Waals surface area (Å²) in [6, 6.07) is 4.79. The Morgan fingerprint density at radius 3 is 2.21 bits per heavy atom. The maximum Gasteiger partial charge on any atom is 0.258 e. The Kier molecular flexibility index (Phi) is 9.74. The third-order valence-electron chi connectivity index (χ3n) is 4.26. The highest BCUT2D eigenvalue weighted by molar-refractivity contribution is 6.36. The number of hydrogen-bond acceptors (Lipinski definition) is 8. The minimum atomic E-state index is -1.45. The van der Waals surface area contributed by atoms with Gasteiger partial charge in [-0.1, -0.05) is 23.2 Å². The Labute approximate surface area is 202 Å². The van der Waals surface area contributed by atoms with Crippen LogP contribution in [-0.2, 0) is 9.59 Å². The summed E-state index contributed by atoms with van der Waals surface area (Å²) in [4.78, 5) is 25.1. The average Bonchev–Trinajstić information content (AvgIpc) is 2.77. The van der Waals surface area contributed by atoms with Crippen LogP contribution < -0.4 is 24.3 Å². The third-order valence-corrected chi connectivity index (χ3v) is 4.91. The van der Waals surface area contributed by atoms with Crippen molar-refractivity contribution in [2.75, 3.05) is 32.8 Å². The molecule has 2 rings (SSSR count). The number of hydrogen-bond donors (Lipinski definition) is 1. The number of halogens is 2. The van der Waals surface area contributed by atoms with E-state index in [1.165, 1.54) is 33.3 Å². The normalized spacial score (nSPS) is 11.7. The van der Waals surface area contributed by atoms with Gasteiger partial charge in [-0.05, 0) is 39.0 Å². The lowest BCUT2D eigenvalue weighted by molar-refractivity contribution is -0.126. The van der Waals surface area contributed by atoms with Gasteiger partial charge in [-0.3, -0.25) is 9.59 Å². The fourth-order valence-electron chi connectivity index (χ4n) is 2.79. The Balaban J connectivity index is 2.36. The molecule has 0 spiro atoms. The molecule has 0 heterocycles. The molecule has 178 valence electrons. The van der Waals surface area contributed by atoms with Gasteiger partial charge >= 0.3 is 0 Å². The summed E-state index contributed by atoms with van der Waals surface area (Å²) >= 11 is 12.6. The quantitative estimate of drug-likeness (QED) is 0.324. The monoisotopic (exact) mass is 497 g/mol. The van der Waals surface area contributed by atoms with Gasteiger partial charge in [-0.25, -0.2) is 0 Å². The number of ketones is 1. The maximum atomic E-state index is 12.9. The number of ether oxygens (including phenoxy) is 4. The number of nitrogens with zero attached hydrogens (tertiary/aromatic N) is 2. The highest BCUT2D eigenvalue weighted by Crippen LogP contribution is 2.40. The van der Waals surface area contributed by atoms with Crippen LogP contribution in [0.25, 0.3) is 0 Å². The number of nitrogens with one attached hydrogen (secondary N) is 1. The molecule has 2 aromatic rings. The van der Waals surface area contributed by atoms with E-state index >= 15 is 0 Å². The van der Waals surface area contributed by atoms with Crippen molar-refractivity contribution in [1.29, 1.82) is 0 Å². The molecule has 0 aromatic heterocycles. The fraction of sp³-hybridized carbons (Fsp3) is 0.364. The number of benzene rings is 2. The molecule has 2 aromatic carbocycles. The van der Waals surface area contributed by atoms with Crippen LogP contribution in [0.3, 0.4) is 0 Å². The third kappa shape index (κ3) is 6.49. The number of carbonyl (C=O) groups excluding carboxylic acids is 2. The lowest BCUT2D eigenvalue weighted by Crippen LogP contribution is -2.32. The van der Waals surface area contributed by atoms with E-state index in [0.717, 1.165) is 0 Å². The van der Waals surface area contributed by atoms with Gasteiger partial charge in [0.2, 0.25) is 6.04 Å². The van der Waals surface area contributed by atoms with E-state index in [9.17, 15) is 9.59 Å². The first-order valence-electron chi connectivity index (χ1n) is 9.99. The highest BCUT2D eigenvalue weighted by atomic mass is 35.5. The van der Waals surface area contributed by atoms with E-state index in [-0.39, 0.29) is 21.4 Å². The topological polar surface area (TPSA) is 108 Å². The molecular formula is C22H25Cl2N3O6. The van der Waals surface area contributed by atoms with Crippen LogP contribution in [0.1, 0.15) is 20.8 Å². The molecule has 1 atom stereocenters. The van der Waals surface area contributed by atoms with Crippen LogP contribution in [0.5, 0.6) is 23.0 Å². The molecule has 9 nitrogen and oxygen atoms in total. The zero-order valence-corrected chi connectivity index (χ0v) is 20.4. The van der Waals surface area contributed by atoms with Crippen molar-refractivity contribution in [3.05, 3.63) is 34.3 Å². The Hall–Kier alpha value is -3.04. The average molecular weight is 498 g/mol. The van der Waals surface area contributed by atoms with Gasteiger partial charge in [0.15, 0.2) is 17.3 Å². The van der Waals surface area contributed by atoms with Gasteiger partial charge in [0.1, 0.15) is 22.2 Å². The lowest BCUT2D eigenvalue weighted by atomic mass is 10.2. The van der Waals surface area contributed by atoms with Crippen LogP contribution in [0.2, 0.25) is 10.0 Å². The van der Waals surface area contributed by atoms with E-state index < -0.39 is 17.7 Å². The number of methoxy groups -OCH3 is 2. The SMILES string of the molecule is CCOc1ccc(OCC)c(NC(=O)C(N=Nc2cc(Cl)c(OC)c(OC)c2)C(C)=O)c1Cl. The van der Waals surface area contributed by atoms with Gasteiger partial charge in [0, 0.05) is 6.07 Å². The highest BCUT2D eigenvalue weighted by Gasteiger charge is 2.26. The van der Waals surface area contributed by atoms with Gasteiger partial charge < -0.3 is 24.3 Å². The smallest absolute Gasteiger partial charge is 0.258 e. The molecule has 0 fully saturated rings. The van der Waals surface area contributed by atoms with Crippen molar-refractivity contribution in [1.82, 2.24) is 0 Å². The fourth-order valence-corrected chi connectivity index (χ4v) is 3.33. The van der Waals surface area contributed by atoms with Crippen LogP contribution in [0.15, 0.2) is 34.5 Å². The molecule has 0 bridgehead atoms. The van der Waals surface area contributed by atoms with E-state index in [2.05, 4.69) is 15.5 Å². The number of carbonyl (C=O) groups is 2. The summed E-state index contributed by atoms with van der Waals surface area (Å²) in [5.41, 5.74) is 0.438. The first-order chi connectivity index (χ1) is 15.8. The Morgan fingerprint density at radius 2 is 1.64 bits per heavy atom. The van der Waals surface area contributed by atoms with Crippen LogP contribution in [0.4, 0.5) is 11.4 Å². The second-order valence-corrected chi connectivity index (χ2v) is 7.28. The summed E-state index contributed by atoms with van der Waals surface area (Å²) < 4.78 is 21.4. The standard InChI is InChI=1S/C22H25Cl2N3O6/c1-6-32-15-8-9-16(33-7-2)20(18(15)24)25-22(29)19(12(3)28)27-26-13-10-14(23)21(31-5)17(11-13)30-4/h8-11,19H,6-7H2,1-5H3,(H,25,29). The first-order valence-corrected chi connectivity index (χ1v) is 10.7. The molecule has 0 aliphatic rings. The number of rotatable bonds is 11. The molecule has 11 heteroatoms. The van der Waals surface area contributed by atoms with Crippen molar-refractivity contribution < 1.29 is 28.5 Å². The lowest BCUT2D eigenvalue weighted by Gasteiger charge is -2.17. The molecule has 0 saturated heterocycles. The molecule has 1 N–H and O–H groups in total. The molecule has 0 aliphatic carbocycles. The minimum absolute atomic E-state index is 0.141. The summed E-state index contributed by atoms with van der Waals surface area (Å²) in [7, 11) is 2.89. The molecular weight excluding hydrogens is 473 g/mol. The second kappa shape index (κ2) is 12.3. The van der Waals surface area contributed by atoms with Crippen LogP contribution in [0, 0.1) is 0 Å². The summed E-state index contributed by atoms with van der Waals surface area (Å²) in [6.45, 7) is 5.53. The number of Topliss-reactive ketones (excluding diaryl/α,β-unsaturated/α-hetero) is 1. The Morgan fingerprint density at radius 1 is 1.00 bits per heavy atom. The van der Waals surface area contributed by atoms with Crippen molar-refractivity contribution in [3.8, 4) is 23.0 Å². The molecule has 1 unspecified atom stereocenters. The molecule has 33 heavy (non-hydrogen) atoms.